The van der Waals surface area contributed by atoms with Crippen molar-refractivity contribution >= 4 is 51.8 Å². The van der Waals surface area contributed by atoms with Crippen LogP contribution in [0.3, 0.4) is 0 Å². The number of nitrogens with one attached hydrogen (secondary N) is 2. The number of halogens is 1. The van der Waals surface area contributed by atoms with Gasteiger partial charge in [0.15, 0.2) is 5.82 Å². The van der Waals surface area contributed by atoms with Crippen molar-refractivity contribution in [1.29, 1.82) is 0 Å². The molecule has 1 aliphatic heterocycles. The molecule has 0 atom stereocenters. The number of anilines is 3. The van der Waals surface area contributed by atoms with Gasteiger partial charge >= 0.3 is 5.97 Å². The topological polar surface area (TPSA) is 112 Å². The van der Waals surface area contributed by atoms with E-state index in [4.69, 9.17) is 11.6 Å². The molecule has 0 saturated carbocycles. The molecule has 9 nitrogen and oxygen atoms in total. The summed E-state index contributed by atoms with van der Waals surface area (Å²) in [6.45, 7) is 1.75. The maximum Gasteiger partial charge on any atom is 0.306 e. The number of nitrogens with zero attached hydrogens (tertiary/aromatic N) is 4. The smallest absolute Gasteiger partial charge is 0.306 e. The number of aromatic nitrogens is 3. The van der Waals surface area contributed by atoms with E-state index in [1.165, 1.54) is 0 Å². The molecule has 1 aliphatic rings. The van der Waals surface area contributed by atoms with E-state index in [9.17, 15) is 14.7 Å². The number of carbonyl (C=O) groups is 2. The number of benzene rings is 1. The Hall–Kier alpha value is -3.33. The van der Waals surface area contributed by atoms with Gasteiger partial charge in [-0.1, -0.05) is 17.7 Å². The van der Waals surface area contributed by atoms with Gasteiger partial charge in [-0.05, 0) is 36.4 Å². The number of carboxylic acid groups (broad SMARTS) is 1. The standard InChI is InChI=1S/C22H25ClN6O3/c1-24-19(30)7-11-28-8-4-14-2-3-16(12-18(14)28)26-20-17(23)13-25-22(27-20)29-9-5-15(6-10-29)21(31)32/h2-4,8,12-13,15H,5-7,9-11H2,1H3,(H,24,30)(H,31,32)(H,25,26,27). The number of fused-ring (bicyclic) bond motifs is 1. The van der Waals surface area contributed by atoms with E-state index in [-0.39, 0.29) is 11.8 Å². The lowest BCUT2D eigenvalue weighted by molar-refractivity contribution is -0.142. The molecule has 0 bridgehead atoms. The van der Waals surface area contributed by atoms with Crippen LogP contribution in [0.5, 0.6) is 0 Å². The minimum absolute atomic E-state index is 0.00573. The van der Waals surface area contributed by atoms with Gasteiger partial charge in [-0.25, -0.2) is 4.98 Å². The summed E-state index contributed by atoms with van der Waals surface area (Å²) in [6.07, 6.45) is 5.05. The largest absolute Gasteiger partial charge is 0.481 e. The number of carboxylic acids is 1. The summed E-state index contributed by atoms with van der Waals surface area (Å²) in [4.78, 5) is 33.7. The molecule has 2 aromatic heterocycles. The monoisotopic (exact) mass is 456 g/mol. The second kappa shape index (κ2) is 9.44. The number of aliphatic carboxylic acids is 1. The zero-order valence-electron chi connectivity index (χ0n) is 17.7. The summed E-state index contributed by atoms with van der Waals surface area (Å²) in [5, 5.41) is 16.6. The van der Waals surface area contributed by atoms with Crippen molar-refractivity contribution in [2.24, 2.45) is 5.92 Å². The minimum Gasteiger partial charge on any atom is -0.481 e. The maximum atomic E-state index is 11.6. The van der Waals surface area contributed by atoms with Crippen molar-refractivity contribution in [3.05, 3.63) is 41.7 Å². The SMILES string of the molecule is CNC(=O)CCn1ccc2ccc(Nc3nc(N4CCC(C(=O)O)CC4)ncc3Cl)cc21. The number of piperidine rings is 1. The Balaban J connectivity index is 1.51. The van der Waals surface area contributed by atoms with Gasteiger partial charge in [0.1, 0.15) is 5.02 Å². The van der Waals surface area contributed by atoms with Crippen LogP contribution >= 0.6 is 11.6 Å². The summed E-state index contributed by atoms with van der Waals surface area (Å²) in [7, 11) is 1.63. The van der Waals surface area contributed by atoms with Crippen molar-refractivity contribution in [3.8, 4) is 0 Å². The fourth-order valence-electron chi connectivity index (χ4n) is 3.86. The van der Waals surface area contributed by atoms with Crippen LogP contribution in [0.25, 0.3) is 10.9 Å². The van der Waals surface area contributed by atoms with E-state index in [0.29, 0.717) is 55.7 Å². The fraction of sp³-hybridized carbons (Fsp3) is 0.364. The fourth-order valence-corrected chi connectivity index (χ4v) is 4.00. The van der Waals surface area contributed by atoms with Crippen LogP contribution in [0.4, 0.5) is 17.5 Å². The Morgan fingerprint density at radius 2 is 2.03 bits per heavy atom. The molecule has 0 unspecified atom stereocenters. The highest BCUT2D eigenvalue weighted by atomic mass is 35.5. The van der Waals surface area contributed by atoms with E-state index in [1.807, 2.05) is 39.9 Å². The Kier molecular flexibility index (Phi) is 6.45. The highest BCUT2D eigenvalue weighted by Crippen LogP contribution is 2.29. The predicted octanol–water partition coefficient (Wildman–Crippen LogP) is 3.27. The lowest BCUT2D eigenvalue weighted by atomic mass is 9.97. The number of hydrogen-bond donors (Lipinski definition) is 3. The summed E-state index contributed by atoms with van der Waals surface area (Å²) < 4.78 is 2.04. The van der Waals surface area contributed by atoms with E-state index >= 15 is 0 Å². The molecule has 3 N–H and O–H groups in total. The molecule has 1 saturated heterocycles. The Labute approximate surface area is 190 Å². The highest BCUT2D eigenvalue weighted by molar-refractivity contribution is 6.32. The van der Waals surface area contributed by atoms with Crippen LogP contribution in [0.2, 0.25) is 5.02 Å². The third-order valence-electron chi connectivity index (χ3n) is 5.75. The molecule has 168 valence electrons. The van der Waals surface area contributed by atoms with E-state index in [2.05, 4.69) is 20.6 Å². The first kappa shape index (κ1) is 21.9. The number of rotatable bonds is 7. The highest BCUT2D eigenvalue weighted by Gasteiger charge is 2.26. The van der Waals surface area contributed by atoms with Gasteiger partial charge in [0.05, 0.1) is 17.6 Å². The van der Waals surface area contributed by atoms with Gasteiger partial charge in [0.2, 0.25) is 11.9 Å². The van der Waals surface area contributed by atoms with Crippen molar-refractivity contribution in [2.75, 3.05) is 30.4 Å². The number of carbonyl (C=O) groups excluding carboxylic acids is 1. The lowest BCUT2D eigenvalue weighted by Gasteiger charge is -2.30. The lowest BCUT2D eigenvalue weighted by Crippen LogP contribution is -2.37. The second-order valence-electron chi connectivity index (χ2n) is 7.80. The van der Waals surface area contributed by atoms with Crippen molar-refractivity contribution < 1.29 is 14.7 Å². The van der Waals surface area contributed by atoms with Crippen LogP contribution in [0, 0.1) is 5.92 Å². The first-order valence-corrected chi connectivity index (χ1v) is 10.9. The van der Waals surface area contributed by atoms with Gasteiger partial charge < -0.3 is 25.2 Å². The van der Waals surface area contributed by atoms with E-state index < -0.39 is 5.97 Å². The molecule has 4 rings (SSSR count). The molecule has 10 heteroatoms. The number of aryl methyl sites for hydroxylation is 1. The quantitative estimate of drug-likeness (QED) is 0.500. The molecule has 3 heterocycles. The minimum atomic E-state index is -0.750. The zero-order chi connectivity index (χ0) is 22.7. The summed E-state index contributed by atoms with van der Waals surface area (Å²) in [5.41, 5.74) is 1.81. The van der Waals surface area contributed by atoms with Gasteiger partial charge in [0, 0.05) is 45.0 Å². The number of amides is 1. The molecule has 3 aromatic rings. The van der Waals surface area contributed by atoms with Crippen LogP contribution < -0.4 is 15.5 Å². The van der Waals surface area contributed by atoms with E-state index in [0.717, 1.165) is 16.6 Å². The van der Waals surface area contributed by atoms with Crippen molar-refractivity contribution in [2.45, 2.75) is 25.8 Å². The average molecular weight is 457 g/mol. The number of hydrogen-bond acceptors (Lipinski definition) is 6. The maximum absolute atomic E-state index is 11.6. The second-order valence-corrected chi connectivity index (χ2v) is 8.20. The van der Waals surface area contributed by atoms with Crippen LogP contribution in [0.15, 0.2) is 36.7 Å². The normalized spacial score (nSPS) is 14.5. The first-order chi connectivity index (χ1) is 15.4. The summed E-state index contributed by atoms with van der Waals surface area (Å²) >= 11 is 6.35. The first-order valence-electron chi connectivity index (χ1n) is 10.5. The molecule has 0 aliphatic carbocycles. The van der Waals surface area contributed by atoms with Gasteiger partial charge in [-0.2, -0.15) is 4.98 Å². The van der Waals surface area contributed by atoms with Crippen LogP contribution in [-0.4, -0.2) is 51.7 Å². The van der Waals surface area contributed by atoms with Gasteiger partial charge in [-0.3, -0.25) is 9.59 Å². The summed E-state index contributed by atoms with van der Waals surface area (Å²) in [6, 6.07) is 7.96. The van der Waals surface area contributed by atoms with Gasteiger partial charge in [0.25, 0.3) is 0 Å². The van der Waals surface area contributed by atoms with Crippen molar-refractivity contribution in [3.63, 3.8) is 0 Å². The Bertz CT molecular complexity index is 1140. The Morgan fingerprint density at radius 3 is 2.75 bits per heavy atom. The predicted molar refractivity (Wildman–Crippen MR) is 124 cm³/mol. The average Bonchev–Trinajstić information content (AvgIpc) is 3.21. The molecular formula is C22H25ClN6O3. The molecule has 1 amide bonds. The molecular weight excluding hydrogens is 432 g/mol. The van der Waals surface area contributed by atoms with E-state index in [1.54, 1.807) is 13.2 Å². The molecule has 32 heavy (non-hydrogen) atoms. The molecule has 1 aromatic carbocycles. The molecule has 1 fully saturated rings. The molecule has 0 radical (unpaired) electrons. The van der Waals surface area contributed by atoms with Crippen molar-refractivity contribution in [1.82, 2.24) is 19.9 Å². The zero-order valence-corrected chi connectivity index (χ0v) is 18.5. The van der Waals surface area contributed by atoms with Gasteiger partial charge in [-0.15, -0.1) is 0 Å². The molecule has 0 spiro atoms. The van der Waals surface area contributed by atoms with Crippen LogP contribution in [0.1, 0.15) is 19.3 Å². The Morgan fingerprint density at radius 1 is 1.25 bits per heavy atom. The third kappa shape index (κ3) is 4.77. The van der Waals surface area contributed by atoms with Crippen LogP contribution in [-0.2, 0) is 16.1 Å². The third-order valence-corrected chi connectivity index (χ3v) is 6.03. The summed E-state index contributed by atoms with van der Waals surface area (Å²) in [5.74, 6) is -0.0635.